The lowest BCUT2D eigenvalue weighted by Gasteiger charge is -2.11. The molecule has 31 heavy (non-hydrogen) atoms. The molecule has 0 aliphatic rings. The lowest BCUT2D eigenvalue weighted by molar-refractivity contribution is -0.159. The van der Waals surface area contributed by atoms with Crippen LogP contribution in [0.25, 0.3) is 11.3 Å². The zero-order chi connectivity index (χ0) is 23.0. The molecule has 164 valence electrons. The number of imidazole rings is 1. The van der Waals surface area contributed by atoms with Crippen LogP contribution in [0.15, 0.2) is 48.7 Å². The highest BCUT2D eigenvalue weighted by Crippen LogP contribution is 2.28. The van der Waals surface area contributed by atoms with Crippen LogP contribution in [0.3, 0.4) is 0 Å². The number of nitrogens with one attached hydrogen (secondary N) is 1. The largest absolute Gasteiger partial charge is 0.493 e. The van der Waals surface area contributed by atoms with Gasteiger partial charge in [0.05, 0.1) is 26.1 Å². The highest BCUT2D eigenvalue weighted by molar-refractivity contribution is 6.27. The first kappa shape index (κ1) is 23.2. The number of aliphatic carboxylic acids is 2. The zero-order valence-corrected chi connectivity index (χ0v) is 17.1. The molecule has 3 N–H and O–H groups in total. The number of rotatable bonds is 6. The van der Waals surface area contributed by atoms with Crippen molar-refractivity contribution in [3.05, 3.63) is 60.0 Å². The summed E-state index contributed by atoms with van der Waals surface area (Å²) in [4.78, 5) is 22.6. The number of carboxylic acids is 2. The number of carbonyl (C=O) groups is 2. The van der Waals surface area contributed by atoms with E-state index < -0.39 is 11.9 Å². The van der Waals surface area contributed by atoms with Gasteiger partial charge in [0, 0.05) is 19.2 Å². The Hall–Kier alpha value is -4.08. The SMILES string of the molecule is COc1ccc(CNc2ncc(-c3ccc(F)cc3)n2C)cc1OC.O=C(O)C(=O)O. The van der Waals surface area contributed by atoms with Crippen molar-refractivity contribution in [1.29, 1.82) is 0 Å². The maximum Gasteiger partial charge on any atom is 0.414 e. The molecule has 9 nitrogen and oxygen atoms in total. The Bertz CT molecular complexity index is 1040. The van der Waals surface area contributed by atoms with E-state index in [1.807, 2.05) is 29.8 Å². The van der Waals surface area contributed by atoms with E-state index in [1.165, 1.54) is 12.1 Å². The number of carboxylic acid groups (broad SMARTS) is 2. The Morgan fingerprint density at radius 2 is 1.65 bits per heavy atom. The maximum absolute atomic E-state index is 13.1. The summed E-state index contributed by atoms with van der Waals surface area (Å²) in [6.45, 7) is 0.591. The number of methoxy groups -OCH3 is 2. The first-order valence-corrected chi connectivity index (χ1v) is 8.95. The van der Waals surface area contributed by atoms with Gasteiger partial charge < -0.3 is 29.6 Å². The van der Waals surface area contributed by atoms with Crippen LogP contribution in [0, 0.1) is 5.82 Å². The number of nitrogens with zero attached hydrogens (tertiary/aromatic N) is 2. The number of anilines is 1. The lowest BCUT2D eigenvalue weighted by Crippen LogP contribution is -2.09. The van der Waals surface area contributed by atoms with E-state index in [2.05, 4.69) is 10.3 Å². The molecule has 10 heteroatoms. The van der Waals surface area contributed by atoms with Gasteiger partial charge in [-0.2, -0.15) is 0 Å². The Morgan fingerprint density at radius 3 is 2.19 bits per heavy atom. The van der Waals surface area contributed by atoms with Crippen LogP contribution in [0.4, 0.5) is 10.3 Å². The third-order valence-electron chi connectivity index (χ3n) is 4.21. The van der Waals surface area contributed by atoms with E-state index in [1.54, 1.807) is 32.5 Å². The molecule has 1 aromatic heterocycles. The van der Waals surface area contributed by atoms with Crippen molar-refractivity contribution in [1.82, 2.24) is 9.55 Å². The van der Waals surface area contributed by atoms with Gasteiger partial charge in [-0.1, -0.05) is 6.07 Å². The fourth-order valence-electron chi connectivity index (χ4n) is 2.63. The van der Waals surface area contributed by atoms with Crippen LogP contribution in [0.2, 0.25) is 0 Å². The van der Waals surface area contributed by atoms with Crippen LogP contribution in [-0.4, -0.2) is 45.9 Å². The van der Waals surface area contributed by atoms with Crippen LogP contribution in [0.5, 0.6) is 11.5 Å². The number of halogens is 1. The van der Waals surface area contributed by atoms with Crippen LogP contribution >= 0.6 is 0 Å². The van der Waals surface area contributed by atoms with Gasteiger partial charge in [0.25, 0.3) is 0 Å². The van der Waals surface area contributed by atoms with Gasteiger partial charge in [0.1, 0.15) is 5.82 Å². The Kier molecular flexibility index (Phi) is 7.95. The number of hydrogen-bond acceptors (Lipinski definition) is 6. The lowest BCUT2D eigenvalue weighted by atomic mass is 10.2. The van der Waals surface area contributed by atoms with Gasteiger partial charge in [-0.3, -0.25) is 0 Å². The molecule has 0 saturated carbocycles. The molecule has 2 aromatic carbocycles. The van der Waals surface area contributed by atoms with E-state index in [-0.39, 0.29) is 5.82 Å². The van der Waals surface area contributed by atoms with Crippen LogP contribution in [0.1, 0.15) is 5.56 Å². The Balaban J connectivity index is 0.000000501. The Labute approximate surface area is 177 Å². The van der Waals surface area contributed by atoms with E-state index in [0.717, 1.165) is 22.8 Å². The van der Waals surface area contributed by atoms with E-state index in [9.17, 15) is 4.39 Å². The van der Waals surface area contributed by atoms with Gasteiger partial charge in [0.15, 0.2) is 11.5 Å². The first-order valence-electron chi connectivity index (χ1n) is 8.95. The maximum atomic E-state index is 13.1. The minimum absolute atomic E-state index is 0.252. The highest BCUT2D eigenvalue weighted by atomic mass is 19.1. The molecule has 0 amide bonds. The summed E-state index contributed by atoms with van der Waals surface area (Å²) < 4.78 is 25.6. The minimum Gasteiger partial charge on any atom is -0.493 e. The third kappa shape index (κ3) is 6.20. The number of aromatic nitrogens is 2. The normalized spacial score (nSPS) is 9.94. The topological polar surface area (TPSA) is 123 Å². The molecule has 0 saturated heterocycles. The summed E-state index contributed by atoms with van der Waals surface area (Å²) in [5.74, 6) is -1.78. The zero-order valence-electron chi connectivity index (χ0n) is 17.1. The van der Waals surface area contributed by atoms with Crippen molar-refractivity contribution in [2.24, 2.45) is 7.05 Å². The van der Waals surface area contributed by atoms with E-state index in [0.29, 0.717) is 18.0 Å². The summed E-state index contributed by atoms with van der Waals surface area (Å²) in [6.07, 6.45) is 1.77. The summed E-state index contributed by atoms with van der Waals surface area (Å²) in [7, 11) is 5.14. The molecule has 0 aliphatic carbocycles. The molecule has 0 bridgehead atoms. The molecule has 0 unspecified atom stereocenters. The van der Waals surface area contributed by atoms with Crippen molar-refractivity contribution in [3.63, 3.8) is 0 Å². The number of hydrogen-bond donors (Lipinski definition) is 3. The molecule has 1 heterocycles. The molecular formula is C21H22FN3O6. The summed E-state index contributed by atoms with van der Waals surface area (Å²) in [5, 5.41) is 18.1. The number of benzene rings is 2. The molecule has 0 fully saturated rings. The van der Waals surface area contributed by atoms with Gasteiger partial charge >= 0.3 is 11.9 Å². The predicted octanol–water partition coefficient (Wildman–Crippen LogP) is 3.01. The molecule has 3 rings (SSSR count). The van der Waals surface area contributed by atoms with E-state index >= 15 is 0 Å². The smallest absolute Gasteiger partial charge is 0.414 e. The molecule has 3 aromatic rings. The average molecular weight is 431 g/mol. The molecule has 0 atom stereocenters. The minimum atomic E-state index is -1.82. The standard InChI is InChI=1S/C19H20FN3O2.C2H2O4/c1-23-16(14-5-7-15(20)8-6-14)12-22-19(23)21-11-13-4-9-17(24-2)18(10-13)25-3;3-1(4)2(5)6/h4-10,12H,11H2,1-3H3,(H,21,22);(H,3,4)(H,5,6). The summed E-state index contributed by atoms with van der Waals surface area (Å²) in [5.41, 5.74) is 2.87. The predicted molar refractivity (Wildman–Crippen MR) is 111 cm³/mol. The average Bonchev–Trinajstić information content (AvgIpc) is 3.13. The fourth-order valence-corrected chi connectivity index (χ4v) is 2.63. The summed E-state index contributed by atoms with van der Waals surface area (Å²) >= 11 is 0. The van der Waals surface area contributed by atoms with E-state index in [4.69, 9.17) is 29.3 Å². The molecule has 0 aliphatic heterocycles. The van der Waals surface area contributed by atoms with Crippen molar-refractivity contribution < 1.29 is 33.7 Å². The van der Waals surface area contributed by atoms with Crippen molar-refractivity contribution in [3.8, 4) is 22.8 Å². The Morgan fingerprint density at radius 1 is 1.03 bits per heavy atom. The second kappa shape index (κ2) is 10.6. The first-order chi connectivity index (χ1) is 14.8. The highest BCUT2D eigenvalue weighted by Gasteiger charge is 2.10. The fraction of sp³-hybridized carbons (Fsp3) is 0.190. The third-order valence-corrected chi connectivity index (χ3v) is 4.21. The van der Waals surface area contributed by atoms with Crippen molar-refractivity contribution in [2.75, 3.05) is 19.5 Å². The van der Waals surface area contributed by atoms with Gasteiger partial charge in [-0.15, -0.1) is 0 Å². The van der Waals surface area contributed by atoms with Gasteiger partial charge in [-0.25, -0.2) is 19.0 Å². The van der Waals surface area contributed by atoms with Crippen molar-refractivity contribution >= 4 is 17.9 Å². The summed E-state index contributed by atoms with van der Waals surface area (Å²) in [6, 6.07) is 12.1. The molecule has 0 radical (unpaired) electrons. The van der Waals surface area contributed by atoms with Gasteiger partial charge in [0.2, 0.25) is 5.95 Å². The second-order valence-corrected chi connectivity index (χ2v) is 6.19. The molecular weight excluding hydrogens is 409 g/mol. The molecule has 0 spiro atoms. The van der Waals surface area contributed by atoms with Crippen LogP contribution < -0.4 is 14.8 Å². The quantitative estimate of drug-likeness (QED) is 0.509. The second-order valence-electron chi connectivity index (χ2n) is 6.19. The monoisotopic (exact) mass is 431 g/mol. The van der Waals surface area contributed by atoms with Gasteiger partial charge in [-0.05, 0) is 42.0 Å². The number of ether oxygens (including phenoxy) is 2. The van der Waals surface area contributed by atoms with Crippen LogP contribution in [-0.2, 0) is 23.2 Å². The van der Waals surface area contributed by atoms with Crippen molar-refractivity contribution in [2.45, 2.75) is 6.54 Å².